The van der Waals surface area contributed by atoms with E-state index >= 15 is 0 Å². The van der Waals surface area contributed by atoms with Gasteiger partial charge in [-0.1, -0.05) is 0 Å². The van der Waals surface area contributed by atoms with Crippen LogP contribution in [0.25, 0.3) is 5.65 Å². The van der Waals surface area contributed by atoms with E-state index in [1.165, 1.54) is 4.63 Å². The van der Waals surface area contributed by atoms with Crippen LogP contribution in [0.2, 0.25) is 0 Å². The van der Waals surface area contributed by atoms with Crippen LogP contribution in [0.5, 0.6) is 0 Å². The van der Waals surface area contributed by atoms with Crippen molar-refractivity contribution in [3.63, 3.8) is 0 Å². The Bertz CT molecular complexity index is 1020. The monoisotopic (exact) mass is 397 g/mol. The molecule has 1 N–H and O–H groups in total. The summed E-state index contributed by atoms with van der Waals surface area (Å²) in [6.45, 7) is 4.88. The van der Waals surface area contributed by atoms with Gasteiger partial charge in [0.25, 0.3) is 5.91 Å². The number of hydrogen-bond donors (Lipinski definition) is 1. The third kappa shape index (κ3) is 3.55. The fourth-order valence-electron chi connectivity index (χ4n) is 4.24. The molecule has 3 aromatic rings. The number of anilines is 1. The zero-order valence-corrected chi connectivity index (χ0v) is 16.2. The molecule has 1 atom stereocenters. The van der Waals surface area contributed by atoms with E-state index in [9.17, 15) is 4.79 Å². The highest BCUT2D eigenvalue weighted by molar-refractivity contribution is 5.91. The van der Waals surface area contributed by atoms with E-state index in [4.69, 9.17) is 9.15 Å². The van der Waals surface area contributed by atoms with Crippen LogP contribution in [0.3, 0.4) is 0 Å². The highest BCUT2D eigenvalue weighted by Crippen LogP contribution is 2.42. The molecule has 5 heterocycles. The molecule has 10 nitrogen and oxygen atoms in total. The lowest BCUT2D eigenvalue weighted by Crippen LogP contribution is -2.41. The zero-order chi connectivity index (χ0) is 19.8. The summed E-state index contributed by atoms with van der Waals surface area (Å²) in [5.74, 6) is 1.76. The van der Waals surface area contributed by atoms with Gasteiger partial charge in [0.1, 0.15) is 5.76 Å². The van der Waals surface area contributed by atoms with Gasteiger partial charge in [-0.05, 0) is 66.3 Å². The molecule has 1 unspecified atom stereocenters. The highest BCUT2D eigenvalue weighted by atomic mass is 16.5. The van der Waals surface area contributed by atoms with Crippen molar-refractivity contribution in [1.29, 1.82) is 0 Å². The van der Waals surface area contributed by atoms with Crippen LogP contribution in [0.1, 0.15) is 35.6 Å². The van der Waals surface area contributed by atoms with E-state index < -0.39 is 0 Å². The average Bonchev–Trinajstić information content (AvgIpc) is 3.46. The van der Waals surface area contributed by atoms with Crippen molar-refractivity contribution in [1.82, 2.24) is 30.6 Å². The number of hydrogen-bond acceptors (Lipinski definition) is 8. The molecule has 2 aliphatic heterocycles. The summed E-state index contributed by atoms with van der Waals surface area (Å²) in [7, 11) is 0. The van der Waals surface area contributed by atoms with Gasteiger partial charge in [-0.15, -0.1) is 14.8 Å². The quantitative estimate of drug-likeness (QED) is 0.700. The minimum atomic E-state index is -0.193. The van der Waals surface area contributed by atoms with E-state index in [1.807, 2.05) is 19.1 Å². The number of nitrogens with one attached hydrogen (secondary N) is 1. The first-order chi connectivity index (χ1) is 14.1. The van der Waals surface area contributed by atoms with Crippen molar-refractivity contribution >= 4 is 17.4 Å². The van der Waals surface area contributed by atoms with Crippen molar-refractivity contribution in [3.8, 4) is 0 Å². The van der Waals surface area contributed by atoms with E-state index in [-0.39, 0.29) is 17.4 Å². The van der Waals surface area contributed by atoms with Gasteiger partial charge in [0, 0.05) is 19.6 Å². The molecule has 0 bridgehead atoms. The molecule has 2 fully saturated rings. The van der Waals surface area contributed by atoms with Gasteiger partial charge in [-0.25, -0.2) is 0 Å². The number of rotatable bonds is 4. The predicted octanol–water partition coefficient (Wildman–Crippen LogP) is 1.23. The largest absolute Gasteiger partial charge is 0.456 e. The molecule has 1 amide bonds. The lowest BCUT2D eigenvalue weighted by Gasteiger charge is -2.38. The summed E-state index contributed by atoms with van der Waals surface area (Å²) in [6.07, 6.45) is 3.06. The van der Waals surface area contributed by atoms with Gasteiger partial charge in [-0.2, -0.15) is 0 Å². The molecule has 0 aliphatic carbocycles. The first-order valence-electron chi connectivity index (χ1n) is 9.87. The first-order valence-corrected chi connectivity index (χ1v) is 9.87. The summed E-state index contributed by atoms with van der Waals surface area (Å²) in [5.41, 5.74) is 0.813. The van der Waals surface area contributed by atoms with Crippen LogP contribution in [-0.2, 0) is 4.74 Å². The number of carbonyl (C=O) groups is 1. The summed E-state index contributed by atoms with van der Waals surface area (Å²) >= 11 is 0. The maximum atomic E-state index is 12.2. The Labute approximate surface area is 167 Å². The number of fused-ring (bicyclic) bond motifs is 1. The number of ether oxygens (including phenoxy) is 1. The van der Waals surface area contributed by atoms with Crippen LogP contribution in [0, 0.1) is 12.3 Å². The van der Waals surface area contributed by atoms with E-state index in [0.717, 1.165) is 50.5 Å². The van der Waals surface area contributed by atoms with Gasteiger partial charge in [0.2, 0.25) is 0 Å². The van der Waals surface area contributed by atoms with Crippen LogP contribution in [0.4, 0.5) is 5.82 Å². The maximum Gasteiger partial charge on any atom is 0.287 e. The smallest absolute Gasteiger partial charge is 0.287 e. The second-order valence-corrected chi connectivity index (χ2v) is 7.96. The van der Waals surface area contributed by atoms with Gasteiger partial charge < -0.3 is 19.4 Å². The number of aryl methyl sites for hydroxylation is 1. The number of aromatic nitrogens is 5. The summed E-state index contributed by atoms with van der Waals surface area (Å²) in [6, 6.07) is 7.32. The van der Waals surface area contributed by atoms with Gasteiger partial charge >= 0.3 is 0 Å². The number of furan rings is 1. The van der Waals surface area contributed by atoms with Crippen molar-refractivity contribution in [3.05, 3.63) is 35.8 Å². The van der Waals surface area contributed by atoms with Crippen molar-refractivity contribution in [2.75, 3.05) is 31.1 Å². The third-order valence-corrected chi connectivity index (χ3v) is 5.94. The Hall–Kier alpha value is -3.01. The van der Waals surface area contributed by atoms with E-state index in [0.29, 0.717) is 18.0 Å². The number of carbonyl (C=O) groups excluding carboxylic acids is 1. The standard InChI is InChI=1S/C19H23N7O3/c1-13-2-3-15(29-13)18(27)20-11-14-10-19(12-28-14)6-8-25(9-7-19)17-5-4-16-21-23-24-26(16)22-17/h2-5,14H,6-12H2,1H3,(H,20,27). The van der Waals surface area contributed by atoms with Crippen LogP contribution in [-0.4, -0.2) is 63.5 Å². The van der Waals surface area contributed by atoms with Gasteiger partial charge in [0.05, 0.1) is 12.7 Å². The number of piperidine rings is 1. The minimum Gasteiger partial charge on any atom is -0.456 e. The SMILES string of the molecule is Cc1ccc(C(=O)NCC2CC3(CCN(c4ccc5nnnn5n4)CC3)CO2)o1. The Morgan fingerprint density at radius 3 is 2.93 bits per heavy atom. The molecule has 1 spiro atoms. The number of tetrazole rings is 1. The Balaban J connectivity index is 1.15. The Kier molecular flexibility index (Phi) is 4.42. The summed E-state index contributed by atoms with van der Waals surface area (Å²) < 4.78 is 12.8. The lowest BCUT2D eigenvalue weighted by atomic mass is 9.76. The molecule has 0 radical (unpaired) electrons. The summed E-state index contributed by atoms with van der Waals surface area (Å²) in [5, 5.41) is 18.8. The van der Waals surface area contributed by atoms with Crippen molar-refractivity contribution < 1.29 is 13.9 Å². The molecule has 0 saturated carbocycles. The van der Waals surface area contributed by atoms with Gasteiger partial charge in [0.15, 0.2) is 17.2 Å². The molecule has 0 aromatic carbocycles. The molecular formula is C19H23N7O3. The molecule has 29 heavy (non-hydrogen) atoms. The average molecular weight is 397 g/mol. The van der Waals surface area contributed by atoms with E-state index in [1.54, 1.807) is 12.1 Å². The molecule has 2 aliphatic rings. The molecular weight excluding hydrogens is 374 g/mol. The summed E-state index contributed by atoms with van der Waals surface area (Å²) in [4.78, 5) is 14.4. The second-order valence-electron chi connectivity index (χ2n) is 7.96. The molecule has 152 valence electrons. The first kappa shape index (κ1) is 18.0. The minimum absolute atomic E-state index is 0.0391. The second kappa shape index (κ2) is 7.11. The highest BCUT2D eigenvalue weighted by Gasteiger charge is 2.42. The van der Waals surface area contributed by atoms with Crippen LogP contribution >= 0.6 is 0 Å². The lowest BCUT2D eigenvalue weighted by molar-refractivity contribution is 0.0775. The van der Waals surface area contributed by atoms with Crippen molar-refractivity contribution in [2.45, 2.75) is 32.3 Å². The third-order valence-electron chi connectivity index (χ3n) is 5.94. The van der Waals surface area contributed by atoms with Crippen LogP contribution in [0.15, 0.2) is 28.7 Å². The Morgan fingerprint density at radius 2 is 2.14 bits per heavy atom. The number of nitrogens with zero attached hydrogens (tertiary/aromatic N) is 6. The topological polar surface area (TPSA) is 111 Å². The zero-order valence-electron chi connectivity index (χ0n) is 16.2. The van der Waals surface area contributed by atoms with Crippen molar-refractivity contribution in [2.24, 2.45) is 5.41 Å². The predicted molar refractivity (Wildman–Crippen MR) is 103 cm³/mol. The normalized spacial score (nSPS) is 21.1. The molecule has 10 heteroatoms. The van der Waals surface area contributed by atoms with E-state index in [2.05, 4.69) is 30.8 Å². The fraction of sp³-hybridized carbons (Fsp3) is 0.526. The number of amides is 1. The molecule has 3 aromatic heterocycles. The maximum absolute atomic E-state index is 12.2. The van der Waals surface area contributed by atoms with Gasteiger partial charge in [-0.3, -0.25) is 4.79 Å². The molecule has 5 rings (SSSR count). The van der Waals surface area contributed by atoms with Crippen LogP contribution < -0.4 is 10.2 Å². The molecule has 2 saturated heterocycles. The Morgan fingerprint density at radius 1 is 1.28 bits per heavy atom. The fourth-order valence-corrected chi connectivity index (χ4v) is 4.24.